The number of aliphatic carboxylic acids is 1. The van der Waals surface area contributed by atoms with Gasteiger partial charge in [0.05, 0.1) is 12.1 Å². The SMILES string of the molecule is CSCCC(NC=O)C(=O)C(C)(C(=O)O)N(C(=O)C(N)CC(C)C)c1ccccc1. The zero-order valence-electron chi connectivity index (χ0n) is 17.8. The Bertz CT molecular complexity index is 743. The van der Waals surface area contributed by atoms with E-state index in [0.717, 1.165) is 4.90 Å². The van der Waals surface area contributed by atoms with Gasteiger partial charge in [-0.3, -0.25) is 19.3 Å². The van der Waals surface area contributed by atoms with Crippen molar-refractivity contribution < 1.29 is 24.3 Å². The number of Topliss-reactive ketones (excluding diaryl/α,β-unsaturated/α-hetero) is 1. The molecule has 2 amide bonds. The first-order valence-electron chi connectivity index (χ1n) is 9.72. The molecule has 0 saturated carbocycles. The van der Waals surface area contributed by atoms with Gasteiger partial charge in [0, 0.05) is 5.69 Å². The van der Waals surface area contributed by atoms with Crippen LogP contribution in [0.5, 0.6) is 0 Å². The number of carbonyl (C=O) groups is 4. The number of rotatable bonds is 13. The molecule has 0 fully saturated rings. The van der Waals surface area contributed by atoms with Gasteiger partial charge in [-0.1, -0.05) is 32.0 Å². The number of benzene rings is 1. The second-order valence-electron chi connectivity index (χ2n) is 7.61. The standard InChI is InChI=1S/C21H31N3O5S/c1-14(2)12-16(22)19(27)24(15-8-6-5-7-9-15)21(3,20(28)29)18(26)17(23-13-25)10-11-30-4/h5-9,13-14,16-17H,10-12,22H2,1-4H3,(H,23,25)(H,28,29). The van der Waals surface area contributed by atoms with Crippen molar-refractivity contribution >= 4 is 41.5 Å². The first-order chi connectivity index (χ1) is 14.1. The maximum absolute atomic E-state index is 13.4. The Morgan fingerprint density at radius 3 is 2.33 bits per heavy atom. The van der Waals surface area contributed by atoms with Crippen LogP contribution in [0.15, 0.2) is 30.3 Å². The number of hydrogen-bond donors (Lipinski definition) is 3. The zero-order chi connectivity index (χ0) is 22.9. The third kappa shape index (κ3) is 6.06. The number of hydrogen-bond acceptors (Lipinski definition) is 6. The van der Waals surface area contributed by atoms with Crippen molar-refractivity contribution in [3.63, 3.8) is 0 Å². The fourth-order valence-corrected chi connectivity index (χ4v) is 3.69. The van der Waals surface area contributed by atoms with Crippen molar-refractivity contribution in [1.82, 2.24) is 5.32 Å². The van der Waals surface area contributed by atoms with Crippen LogP contribution >= 0.6 is 11.8 Å². The molecule has 30 heavy (non-hydrogen) atoms. The quantitative estimate of drug-likeness (QED) is 0.316. The van der Waals surface area contributed by atoms with Crippen LogP contribution in [0.25, 0.3) is 0 Å². The van der Waals surface area contributed by atoms with E-state index in [0.29, 0.717) is 18.6 Å². The summed E-state index contributed by atoms with van der Waals surface area (Å²) < 4.78 is 0. The zero-order valence-corrected chi connectivity index (χ0v) is 18.6. The first-order valence-corrected chi connectivity index (χ1v) is 11.1. The Kier molecular flexibility index (Phi) is 10.0. The molecule has 0 aliphatic carbocycles. The molecule has 3 atom stereocenters. The van der Waals surface area contributed by atoms with Crippen molar-refractivity contribution in [3.05, 3.63) is 30.3 Å². The van der Waals surface area contributed by atoms with Gasteiger partial charge in [0.1, 0.15) is 0 Å². The normalized spacial score (nSPS) is 15.0. The highest BCUT2D eigenvalue weighted by atomic mass is 32.2. The van der Waals surface area contributed by atoms with Crippen LogP contribution in [-0.4, -0.2) is 58.8 Å². The van der Waals surface area contributed by atoms with Crippen molar-refractivity contribution in [3.8, 4) is 0 Å². The van der Waals surface area contributed by atoms with E-state index < -0.39 is 35.3 Å². The van der Waals surface area contributed by atoms with Crippen LogP contribution in [0.3, 0.4) is 0 Å². The van der Waals surface area contributed by atoms with Gasteiger partial charge in [-0.25, -0.2) is 4.79 Å². The Balaban J connectivity index is 3.55. The third-order valence-electron chi connectivity index (χ3n) is 4.82. The van der Waals surface area contributed by atoms with Crippen LogP contribution in [0.1, 0.15) is 33.6 Å². The minimum absolute atomic E-state index is 0.0967. The summed E-state index contributed by atoms with van der Waals surface area (Å²) in [4.78, 5) is 51.2. The molecule has 9 heteroatoms. The highest BCUT2D eigenvalue weighted by molar-refractivity contribution is 7.98. The van der Waals surface area contributed by atoms with Crippen LogP contribution in [0.4, 0.5) is 5.69 Å². The largest absolute Gasteiger partial charge is 0.479 e. The number of carboxylic acid groups (broad SMARTS) is 1. The van der Waals surface area contributed by atoms with E-state index in [2.05, 4.69) is 5.32 Å². The number of nitrogens with zero attached hydrogens (tertiary/aromatic N) is 1. The average molecular weight is 438 g/mol. The molecule has 0 heterocycles. The lowest BCUT2D eigenvalue weighted by atomic mass is 9.86. The third-order valence-corrected chi connectivity index (χ3v) is 5.46. The van der Waals surface area contributed by atoms with Crippen molar-refractivity contribution in [2.45, 2.75) is 51.2 Å². The van der Waals surface area contributed by atoms with Crippen molar-refractivity contribution in [2.75, 3.05) is 16.9 Å². The van der Waals surface area contributed by atoms with Crippen LogP contribution in [0, 0.1) is 5.92 Å². The highest BCUT2D eigenvalue weighted by Crippen LogP contribution is 2.29. The maximum atomic E-state index is 13.4. The summed E-state index contributed by atoms with van der Waals surface area (Å²) in [6.07, 6.45) is 2.76. The van der Waals surface area contributed by atoms with Gasteiger partial charge >= 0.3 is 5.97 Å². The van der Waals surface area contributed by atoms with Crippen molar-refractivity contribution in [1.29, 1.82) is 0 Å². The van der Waals surface area contributed by atoms with Gasteiger partial charge in [-0.2, -0.15) is 11.8 Å². The molecule has 4 N–H and O–H groups in total. The molecule has 0 spiro atoms. The lowest BCUT2D eigenvalue weighted by molar-refractivity contribution is -0.150. The summed E-state index contributed by atoms with van der Waals surface area (Å²) in [6.45, 7) is 4.98. The molecule has 1 aromatic rings. The first kappa shape index (κ1) is 25.6. The second-order valence-corrected chi connectivity index (χ2v) is 8.59. The van der Waals surface area contributed by atoms with Gasteiger partial charge in [-0.15, -0.1) is 0 Å². The van der Waals surface area contributed by atoms with E-state index in [-0.39, 0.29) is 18.0 Å². The predicted octanol–water partition coefficient (Wildman–Crippen LogP) is 1.67. The molecule has 0 aliphatic heterocycles. The lowest BCUT2D eigenvalue weighted by Gasteiger charge is -2.40. The molecule has 166 valence electrons. The van der Waals surface area contributed by atoms with E-state index in [1.54, 1.807) is 30.3 Å². The average Bonchev–Trinajstić information content (AvgIpc) is 2.70. The molecule has 1 rings (SSSR count). The summed E-state index contributed by atoms with van der Waals surface area (Å²) in [6, 6.07) is 6.07. The molecule has 1 aromatic carbocycles. The van der Waals surface area contributed by atoms with Gasteiger partial charge in [0.15, 0.2) is 5.78 Å². The van der Waals surface area contributed by atoms with E-state index in [9.17, 15) is 24.3 Å². The van der Waals surface area contributed by atoms with Gasteiger partial charge < -0.3 is 16.2 Å². The topological polar surface area (TPSA) is 130 Å². The molecule has 0 radical (unpaired) electrons. The fourth-order valence-electron chi connectivity index (χ4n) is 3.22. The van der Waals surface area contributed by atoms with Gasteiger partial charge in [0.2, 0.25) is 17.9 Å². The van der Waals surface area contributed by atoms with Crippen LogP contribution < -0.4 is 16.0 Å². The number of anilines is 1. The molecule has 0 aliphatic rings. The molecule has 0 aromatic heterocycles. The number of carboxylic acids is 1. The summed E-state index contributed by atoms with van der Waals surface area (Å²) in [5.41, 5.74) is 4.09. The molecule has 0 saturated heterocycles. The molecule has 8 nitrogen and oxygen atoms in total. The fraction of sp³-hybridized carbons (Fsp3) is 0.524. The number of nitrogens with two attached hydrogens (primary N) is 1. The number of thioether (sulfide) groups is 1. The Labute approximate surface area is 181 Å². The smallest absolute Gasteiger partial charge is 0.337 e. The Hall–Kier alpha value is -2.39. The summed E-state index contributed by atoms with van der Waals surface area (Å²) in [5, 5.41) is 12.5. The minimum atomic E-state index is -2.26. The second kappa shape index (κ2) is 11.7. The minimum Gasteiger partial charge on any atom is -0.479 e. The molecular weight excluding hydrogens is 406 g/mol. The van der Waals surface area contributed by atoms with E-state index in [4.69, 9.17) is 5.73 Å². The van der Waals surface area contributed by atoms with E-state index in [1.165, 1.54) is 18.7 Å². The van der Waals surface area contributed by atoms with Gasteiger partial charge in [0.25, 0.3) is 0 Å². The molecular formula is C21H31N3O5S. The molecule has 0 bridgehead atoms. The van der Waals surface area contributed by atoms with E-state index in [1.807, 2.05) is 20.1 Å². The highest BCUT2D eigenvalue weighted by Gasteiger charge is 2.52. The maximum Gasteiger partial charge on any atom is 0.337 e. The summed E-state index contributed by atoms with van der Waals surface area (Å²) in [5.74, 6) is -2.32. The number of ketones is 1. The number of carbonyl (C=O) groups excluding carboxylic acids is 3. The molecule has 3 unspecified atom stereocenters. The van der Waals surface area contributed by atoms with Crippen LogP contribution in [-0.2, 0) is 19.2 Å². The van der Waals surface area contributed by atoms with Crippen molar-refractivity contribution in [2.24, 2.45) is 11.7 Å². The predicted molar refractivity (Wildman–Crippen MR) is 118 cm³/mol. The number of amides is 2. The number of para-hydroxylation sites is 1. The summed E-state index contributed by atoms with van der Waals surface area (Å²) in [7, 11) is 0. The number of nitrogens with one attached hydrogen (secondary N) is 1. The van der Waals surface area contributed by atoms with E-state index >= 15 is 0 Å². The Morgan fingerprint density at radius 1 is 1.27 bits per heavy atom. The van der Waals surface area contributed by atoms with Crippen LogP contribution in [0.2, 0.25) is 0 Å². The lowest BCUT2D eigenvalue weighted by Crippen LogP contribution is -2.67. The Morgan fingerprint density at radius 2 is 1.87 bits per heavy atom. The monoisotopic (exact) mass is 437 g/mol. The summed E-state index contributed by atoms with van der Waals surface area (Å²) >= 11 is 1.46. The van der Waals surface area contributed by atoms with Gasteiger partial charge in [-0.05, 0) is 49.8 Å².